The Morgan fingerprint density at radius 3 is 2.00 bits per heavy atom. The summed E-state index contributed by atoms with van der Waals surface area (Å²) in [6, 6.07) is 0. The summed E-state index contributed by atoms with van der Waals surface area (Å²) >= 11 is 0. The van der Waals surface area contributed by atoms with Crippen molar-refractivity contribution in [2.75, 3.05) is 33.0 Å². The van der Waals surface area contributed by atoms with E-state index in [1.165, 1.54) is 5.57 Å². The normalized spacial score (nSPS) is 54.8. The Hall–Kier alpha value is -1.63. The molecule has 10 rings (SSSR count). The van der Waals surface area contributed by atoms with Gasteiger partial charge in [0.25, 0.3) is 0 Å². The van der Waals surface area contributed by atoms with Gasteiger partial charge >= 0.3 is 5.97 Å². The van der Waals surface area contributed by atoms with Crippen LogP contribution in [0, 0.1) is 46.3 Å². The summed E-state index contributed by atoms with van der Waals surface area (Å²) in [7, 11) is 0. The largest absolute Gasteiger partial charge is 0.454 e. The molecule has 0 unspecified atom stereocenters. The van der Waals surface area contributed by atoms with Gasteiger partial charge < -0.3 is 108 Å². The van der Waals surface area contributed by atoms with E-state index in [1.54, 1.807) is 0 Å². The Balaban J connectivity index is 0.857. The number of fused-ring (bicyclic) bond motifs is 7. The smallest absolute Gasteiger partial charge is 0.303 e. The summed E-state index contributed by atoms with van der Waals surface area (Å²) in [6.07, 6.45) is -22.7. The predicted molar refractivity (Wildman–Crippen MR) is 252 cm³/mol. The van der Waals surface area contributed by atoms with Crippen molar-refractivity contribution < 1.29 is 113 Å². The van der Waals surface area contributed by atoms with E-state index in [4.69, 9.17) is 52.1 Å². The summed E-state index contributed by atoms with van der Waals surface area (Å²) in [6.45, 7) is 8.31. The summed E-state index contributed by atoms with van der Waals surface area (Å²) < 4.78 is 67.7. The van der Waals surface area contributed by atoms with Crippen LogP contribution in [-0.4, -0.2) is 230 Å². The van der Waals surface area contributed by atoms with Gasteiger partial charge in [-0.25, -0.2) is 0 Å². The third kappa shape index (κ3) is 9.99. The Morgan fingerprint density at radius 1 is 0.653 bits per heavy atom. The average Bonchev–Trinajstić information content (AvgIpc) is 3.84. The Labute approximate surface area is 436 Å². The molecule has 1 spiro atoms. The van der Waals surface area contributed by atoms with Crippen molar-refractivity contribution in [1.82, 2.24) is 0 Å². The Bertz CT molecular complexity index is 2010. The van der Waals surface area contributed by atoms with Gasteiger partial charge in [0.15, 0.2) is 37.1 Å². The highest BCUT2D eigenvalue weighted by molar-refractivity contribution is 5.66. The molecule has 6 heterocycles. The van der Waals surface area contributed by atoms with Gasteiger partial charge in [0, 0.05) is 19.3 Å². The number of esters is 1. The quantitative estimate of drug-likeness (QED) is 0.0760. The molecular weight excluding hydrogens is 993 g/mol. The highest BCUT2D eigenvalue weighted by atomic mass is 16.8. The summed E-state index contributed by atoms with van der Waals surface area (Å²) in [5.41, 5.74) is 1.37. The number of hydrogen-bond donors (Lipinski definition) is 11. The molecule has 23 heteroatoms. The van der Waals surface area contributed by atoms with Crippen molar-refractivity contribution in [3.05, 3.63) is 11.6 Å². The van der Waals surface area contributed by atoms with Crippen molar-refractivity contribution >= 4 is 5.97 Å². The molecule has 0 aromatic rings. The molecule has 10 aliphatic rings. The molecule has 9 fully saturated rings. The van der Waals surface area contributed by atoms with Crippen LogP contribution < -0.4 is 0 Å². The van der Waals surface area contributed by atoms with Crippen LogP contribution in [-0.2, 0) is 56.9 Å². The maximum Gasteiger partial charge on any atom is 0.303 e. The van der Waals surface area contributed by atoms with Crippen LogP contribution in [0.1, 0.15) is 92.4 Å². The summed E-state index contributed by atoms with van der Waals surface area (Å²) in [5, 5.41) is 119. The average molecular weight is 1080 g/mol. The van der Waals surface area contributed by atoms with Crippen LogP contribution in [0.15, 0.2) is 11.6 Å². The Morgan fingerprint density at radius 2 is 1.31 bits per heavy atom. The van der Waals surface area contributed by atoms with Gasteiger partial charge in [-0.15, -0.1) is 0 Å². The second-order valence-corrected chi connectivity index (χ2v) is 24.0. The van der Waals surface area contributed by atoms with Crippen molar-refractivity contribution in [2.24, 2.45) is 46.3 Å². The number of hydrogen-bond acceptors (Lipinski definition) is 23. The highest BCUT2D eigenvalue weighted by Gasteiger charge is 2.69. The monoisotopic (exact) mass is 1070 g/mol. The van der Waals surface area contributed by atoms with Gasteiger partial charge in [0.2, 0.25) is 0 Å². The molecule has 0 amide bonds. The molecule has 6 aliphatic heterocycles. The second-order valence-electron chi connectivity index (χ2n) is 24.0. The van der Waals surface area contributed by atoms with Crippen LogP contribution in [0.25, 0.3) is 0 Å². The lowest BCUT2D eigenvalue weighted by Crippen LogP contribution is -2.68. The number of carbonyl (C=O) groups excluding carboxylic acids is 1. The van der Waals surface area contributed by atoms with Crippen LogP contribution >= 0.6 is 0 Å². The molecule has 0 bridgehead atoms. The lowest BCUT2D eigenvalue weighted by molar-refractivity contribution is -0.403. The standard InChI is InChI=1S/C52H82O23/c1-21-8-13-52(66-19-21)22(2)34-30(75-52)15-28-26-7-6-24-14-25(9-11-50(24,4)27(26)10-12-51(28,34)5)68-48-44(67-23(3)56)41(64)42(33(18-55)71-48)72-49-45(74-47-40(63)38(61)36(59)31(16-53)69-47)43(37(60)32(17-54)70-49)73-46-39(62)35(58)29(57)20-65-46/h6,21-22,25-49,53-55,57-64H,7-20H2,1-5H3/t21-,22+,25+,26-,27+,28-,29-,30+,31+,32-,33-,34+,35+,36+,37-,38+,39-,40+,41-,42+,43-,44-,45-,46+,47+,48-,49+,50+,51+,52-/m1/s1. The van der Waals surface area contributed by atoms with Crippen LogP contribution in [0.4, 0.5) is 0 Å². The molecule has 30 atom stereocenters. The number of allylic oxidation sites excluding steroid dienone is 1. The summed E-state index contributed by atoms with van der Waals surface area (Å²) in [4.78, 5) is 12.8. The Kier molecular flexibility index (Phi) is 16.6. The van der Waals surface area contributed by atoms with Gasteiger partial charge in [-0.3, -0.25) is 4.79 Å². The molecule has 75 heavy (non-hydrogen) atoms. The van der Waals surface area contributed by atoms with Gasteiger partial charge in [-0.1, -0.05) is 39.3 Å². The molecule has 0 radical (unpaired) electrons. The van der Waals surface area contributed by atoms with Gasteiger partial charge in [-0.2, -0.15) is 0 Å². The molecule has 0 aromatic heterocycles. The fourth-order valence-corrected chi connectivity index (χ4v) is 15.6. The number of aliphatic hydroxyl groups excluding tert-OH is 11. The number of ether oxygens (including phenoxy) is 11. The molecule has 11 N–H and O–H groups in total. The van der Waals surface area contributed by atoms with Crippen molar-refractivity contribution in [3.8, 4) is 0 Å². The second kappa shape index (κ2) is 22.0. The van der Waals surface area contributed by atoms with Gasteiger partial charge in [0.1, 0.15) is 85.5 Å². The first kappa shape index (κ1) is 56.6. The minimum atomic E-state index is -2.02. The zero-order chi connectivity index (χ0) is 53.6. The topological polar surface area (TPSA) is 341 Å². The molecule has 4 aliphatic carbocycles. The van der Waals surface area contributed by atoms with E-state index >= 15 is 0 Å². The van der Waals surface area contributed by atoms with Crippen molar-refractivity contribution in [1.29, 1.82) is 0 Å². The van der Waals surface area contributed by atoms with E-state index in [2.05, 4.69) is 33.8 Å². The maximum absolute atomic E-state index is 12.8. The zero-order valence-electron chi connectivity index (χ0n) is 43.4. The first-order valence-electron chi connectivity index (χ1n) is 27.3. The lowest BCUT2D eigenvalue weighted by Gasteiger charge is -2.58. The lowest BCUT2D eigenvalue weighted by atomic mass is 9.47. The maximum atomic E-state index is 12.8. The van der Waals surface area contributed by atoms with Crippen LogP contribution in [0.3, 0.4) is 0 Å². The fraction of sp³-hybridized carbons (Fsp3) is 0.942. The first-order chi connectivity index (χ1) is 35.7. The number of aliphatic hydroxyl groups is 11. The minimum absolute atomic E-state index is 0.0784. The van der Waals surface area contributed by atoms with Gasteiger partial charge in [0.05, 0.1) is 45.2 Å². The number of rotatable bonds is 12. The van der Waals surface area contributed by atoms with E-state index in [-0.39, 0.29) is 16.9 Å². The van der Waals surface area contributed by atoms with E-state index in [1.807, 2.05) is 0 Å². The van der Waals surface area contributed by atoms with Crippen LogP contribution in [0.5, 0.6) is 0 Å². The van der Waals surface area contributed by atoms with E-state index < -0.39 is 161 Å². The molecule has 23 nitrogen and oxygen atoms in total. The third-order valence-electron chi connectivity index (χ3n) is 19.7. The SMILES string of the molecule is CC(=O)O[C@H]1[C@H](O[C@H]2CC[C@@]3(C)C(=CC[C@H]4[C@H]5C[C@@H]6O[C@]7(CC[C@@H](C)CO7)[C@@H](C)[C@@H]6[C@@]5(C)CC[C@@H]43)C2)O[C@H](CO)[C@H](O[C@@H]2O[C@H](CO)[C@@H](O)[C@@H](O[C@@H]3OC[C@@H](O)[C@H](O)[C@H]3O)[C@H]2O[C@@H]2O[C@@H](CO)[C@H](O)[C@H](O)[C@@H]2O)[C@H]1O. The highest BCUT2D eigenvalue weighted by Crippen LogP contribution is 2.71. The summed E-state index contributed by atoms with van der Waals surface area (Å²) in [5.74, 6) is 1.54. The molecule has 6 saturated heterocycles. The minimum Gasteiger partial charge on any atom is -0.454 e. The third-order valence-corrected chi connectivity index (χ3v) is 19.7. The van der Waals surface area contributed by atoms with Crippen molar-refractivity contribution in [3.63, 3.8) is 0 Å². The van der Waals surface area contributed by atoms with Crippen molar-refractivity contribution in [2.45, 2.75) is 227 Å². The van der Waals surface area contributed by atoms with E-state index in [9.17, 15) is 61.0 Å². The van der Waals surface area contributed by atoms with E-state index in [0.29, 0.717) is 48.3 Å². The zero-order valence-corrected chi connectivity index (χ0v) is 43.4. The number of carbonyl (C=O) groups is 1. The molecular formula is C52H82O23. The molecule has 428 valence electrons. The van der Waals surface area contributed by atoms with E-state index in [0.717, 1.165) is 58.5 Å². The first-order valence-corrected chi connectivity index (χ1v) is 27.3. The fourth-order valence-electron chi connectivity index (χ4n) is 15.6. The van der Waals surface area contributed by atoms with Crippen LogP contribution in [0.2, 0.25) is 0 Å². The van der Waals surface area contributed by atoms with Gasteiger partial charge in [-0.05, 0) is 91.8 Å². The molecule has 0 aromatic carbocycles. The molecule has 3 saturated carbocycles. The predicted octanol–water partition coefficient (Wildman–Crippen LogP) is -1.78.